The smallest absolute Gasteiger partial charge is 0.170 e. The van der Waals surface area contributed by atoms with Crippen molar-refractivity contribution in [2.45, 2.75) is 57.2 Å². The summed E-state index contributed by atoms with van der Waals surface area (Å²) in [5, 5.41) is 4.47. The Morgan fingerprint density at radius 1 is 1.03 bits per heavy atom. The molecule has 5 nitrogen and oxygen atoms in total. The van der Waals surface area contributed by atoms with E-state index < -0.39 is 0 Å². The molecule has 166 valence electrons. The van der Waals surface area contributed by atoms with Crippen LogP contribution in [0.1, 0.15) is 62.5 Å². The number of nitrogens with one attached hydrogen (secondary N) is 1. The third-order valence-electron chi connectivity index (χ3n) is 6.61. The molecule has 3 heterocycles. The SMILES string of the molecule is CCOc1ccc(-n2cccc2[C@H]2[C@H](c3ccccn3)NC(=S)N2C2CCCCC2)cc1. The third kappa shape index (κ3) is 3.99. The molecule has 32 heavy (non-hydrogen) atoms. The Kier molecular flexibility index (Phi) is 6.12. The summed E-state index contributed by atoms with van der Waals surface area (Å²) in [4.78, 5) is 7.16. The van der Waals surface area contributed by atoms with Crippen molar-refractivity contribution in [3.63, 3.8) is 0 Å². The summed E-state index contributed by atoms with van der Waals surface area (Å²) in [7, 11) is 0. The number of pyridine rings is 1. The Hall–Kier alpha value is -2.86. The average molecular weight is 447 g/mol. The lowest BCUT2D eigenvalue weighted by Gasteiger charge is -2.37. The largest absolute Gasteiger partial charge is 0.494 e. The number of hydrogen-bond donors (Lipinski definition) is 1. The summed E-state index contributed by atoms with van der Waals surface area (Å²) >= 11 is 5.92. The fourth-order valence-corrected chi connectivity index (χ4v) is 5.56. The van der Waals surface area contributed by atoms with E-state index in [9.17, 15) is 0 Å². The van der Waals surface area contributed by atoms with Crippen molar-refractivity contribution in [3.8, 4) is 11.4 Å². The minimum atomic E-state index is 0.0157. The van der Waals surface area contributed by atoms with Gasteiger partial charge in [-0.2, -0.15) is 0 Å². The Morgan fingerprint density at radius 2 is 1.84 bits per heavy atom. The molecular weight excluding hydrogens is 416 g/mol. The first-order valence-electron chi connectivity index (χ1n) is 11.7. The first-order chi connectivity index (χ1) is 15.8. The minimum absolute atomic E-state index is 0.0157. The van der Waals surface area contributed by atoms with Gasteiger partial charge in [0, 0.05) is 29.8 Å². The van der Waals surface area contributed by atoms with E-state index >= 15 is 0 Å². The fourth-order valence-electron chi connectivity index (χ4n) is 5.17. The predicted molar refractivity (Wildman–Crippen MR) is 131 cm³/mol. The van der Waals surface area contributed by atoms with Gasteiger partial charge in [0.2, 0.25) is 0 Å². The molecule has 1 saturated carbocycles. The molecule has 2 aromatic heterocycles. The van der Waals surface area contributed by atoms with Crippen molar-refractivity contribution >= 4 is 17.3 Å². The van der Waals surface area contributed by atoms with Crippen LogP contribution in [0.2, 0.25) is 0 Å². The highest BCUT2D eigenvalue weighted by Gasteiger charge is 2.44. The molecule has 2 atom stereocenters. The molecule has 1 aliphatic carbocycles. The maximum Gasteiger partial charge on any atom is 0.170 e. The Bertz CT molecular complexity index is 1040. The van der Waals surface area contributed by atoms with E-state index in [0.29, 0.717) is 12.6 Å². The van der Waals surface area contributed by atoms with Gasteiger partial charge in [0.05, 0.1) is 24.4 Å². The molecule has 2 fully saturated rings. The van der Waals surface area contributed by atoms with E-state index in [2.05, 4.69) is 57.4 Å². The molecule has 1 aliphatic heterocycles. The van der Waals surface area contributed by atoms with Gasteiger partial charge in [0.25, 0.3) is 0 Å². The maximum absolute atomic E-state index is 5.92. The molecule has 1 aromatic carbocycles. The molecule has 2 aliphatic rings. The van der Waals surface area contributed by atoms with Crippen LogP contribution in [0.5, 0.6) is 5.75 Å². The second kappa shape index (κ2) is 9.33. The molecule has 0 bridgehead atoms. The van der Waals surface area contributed by atoms with Crippen molar-refractivity contribution in [1.29, 1.82) is 0 Å². The molecular formula is C26H30N4OS. The zero-order valence-corrected chi connectivity index (χ0v) is 19.3. The van der Waals surface area contributed by atoms with E-state index in [1.165, 1.54) is 37.8 Å². The molecule has 1 N–H and O–H groups in total. The van der Waals surface area contributed by atoms with Crippen molar-refractivity contribution in [2.75, 3.05) is 6.61 Å². The zero-order chi connectivity index (χ0) is 21.9. The van der Waals surface area contributed by atoms with Gasteiger partial charge >= 0.3 is 0 Å². The summed E-state index contributed by atoms with van der Waals surface area (Å²) in [6, 6.07) is 19.4. The minimum Gasteiger partial charge on any atom is -0.494 e. The van der Waals surface area contributed by atoms with Gasteiger partial charge < -0.3 is 19.5 Å². The van der Waals surface area contributed by atoms with Gasteiger partial charge in [-0.1, -0.05) is 25.3 Å². The molecule has 6 heteroatoms. The van der Waals surface area contributed by atoms with Gasteiger partial charge in [0.1, 0.15) is 5.75 Å². The summed E-state index contributed by atoms with van der Waals surface area (Å²) in [6.07, 6.45) is 10.2. The van der Waals surface area contributed by atoms with Crippen LogP contribution in [-0.2, 0) is 0 Å². The van der Waals surface area contributed by atoms with E-state index in [-0.39, 0.29) is 12.1 Å². The number of benzene rings is 1. The summed E-state index contributed by atoms with van der Waals surface area (Å²) in [5.74, 6) is 0.892. The molecule has 0 radical (unpaired) electrons. The number of aromatic nitrogens is 2. The van der Waals surface area contributed by atoms with Crippen LogP contribution in [-0.4, -0.2) is 32.2 Å². The van der Waals surface area contributed by atoms with Crippen LogP contribution in [0.15, 0.2) is 67.0 Å². The standard InChI is InChI=1S/C26H30N4OS/c1-2-31-21-15-13-19(14-16-21)29-18-8-12-23(29)25-24(22-11-6-7-17-27-22)28-26(32)30(25)20-9-4-3-5-10-20/h6-8,11-18,20,24-25H,2-5,9-10H2,1H3,(H,28,32)/t24-,25-/m0/s1. The van der Waals surface area contributed by atoms with E-state index in [1.807, 2.05) is 31.3 Å². The monoisotopic (exact) mass is 446 g/mol. The maximum atomic E-state index is 5.92. The molecule has 3 aromatic rings. The Balaban J connectivity index is 1.56. The molecule has 0 spiro atoms. The number of ether oxygens (including phenoxy) is 1. The topological polar surface area (TPSA) is 42.3 Å². The first-order valence-corrected chi connectivity index (χ1v) is 12.1. The highest BCUT2D eigenvalue weighted by Crippen LogP contribution is 2.43. The molecule has 0 unspecified atom stereocenters. The summed E-state index contributed by atoms with van der Waals surface area (Å²) in [5.41, 5.74) is 3.37. The van der Waals surface area contributed by atoms with Crippen LogP contribution in [0.3, 0.4) is 0 Å². The van der Waals surface area contributed by atoms with Crippen molar-refractivity contribution in [2.24, 2.45) is 0 Å². The molecule has 1 saturated heterocycles. The zero-order valence-electron chi connectivity index (χ0n) is 18.5. The predicted octanol–water partition coefficient (Wildman–Crippen LogP) is 5.58. The van der Waals surface area contributed by atoms with Crippen LogP contribution in [0.4, 0.5) is 0 Å². The van der Waals surface area contributed by atoms with Gasteiger partial charge in [-0.05, 0) is 80.5 Å². The third-order valence-corrected chi connectivity index (χ3v) is 6.94. The molecule has 0 amide bonds. The van der Waals surface area contributed by atoms with Gasteiger partial charge in [-0.3, -0.25) is 4.98 Å². The highest BCUT2D eigenvalue weighted by molar-refractivity contribution is 7.80. The van der Waals surface area contributed by atoms with Gasteiger partial charge in [-0.15, -0.1) is 0 Å². The number of nitrogens with zero attached hydrogens (tertiary/aromatic N) is 3. The summed E-state index contributed by atoms with van der Waals surface area (Å²) < 4.78 is 7.92. The summed E-state index contributed by atoms with van der Waals surface area (Å²) in [6.45, 7) is 2.67. The van der Waals surface area contributed by atoms with E-state index in [0.717, 1.165) is 22.2 Å². The Morgan fingerprint density at radius 3 is 2.56 bits per heavy atom. The lowest BCUT2D eigenvalue weighted by atomic mass is 9.92. The second-order valence-electron chi connectivity index (χ2n) is 8.56. The highest BCUT2D eigenvalue weighted by atomic mass is 32.1. The number of rotatable bonds is 6. The van der Waals surface area contributed by atoms with Crippen LogP contribution >= 0.6 is 12.2 Å². The van der Waals surface area contributed by atoms with E-state index in [4.69, 9.17) is 21.9 Å². The quantitative estimate of drug-likeness (QED) is 0.501. The first kappa shape index (κ1) is 21.0. The van der Waals surface area contributed by atoms with E-state index in [1.54, 1.807) is 0 Å². The van der Waals surface area contributed by atoms with Crippen molar-refractivity contribution in [1.82, 2.24) is 19.8 Å². The average Bonchev–Trinajstić information content (AvgIpc) is 3.45. The molecule has 5 rings (SSSR count). The van der Waals surface area contributed by atoms with Crippen molar-refractivity contribution in [3.05, 3.63) is 78.4 Å². The number of thiocarbonyl (C=S) groups is 1. The second-order valence-corrected chi connectivity index (χ2v) is 8.94. The van der Waals surface area contributed by atoms with Gasteiger partial charge in [-0.25, -0.2) is 0 Å². The van der Waals surface area contributed by atoms with Crippen molar-refractivity contribution < 1.29 is 4.74 Å². The fraction of sp³-hybridized carbons (Fsp3) is 0.385. The lowest BCUT2D eigenvalue weighted by molar-refractivity contribution is 0.193. The Labute approximate surface area is 195 Å². The van der Waals surface area contributed by atoms with Gasteiger partial charge in [0.15, 0.2) is 5.11 Å². The van der Waals surface area contributed by atoms with Crippen LogP contribution < -0.4 is 10.1 Å². The van der Waals surface area contributed by atoms with Crippen LogP contribution in [0, 0.1) is 0 Å². The van der Waals surface area contributed by atoms with Crippen LogP contribution in [0.25, 0.3) is 5.69 Å². The normalized spacial score (nSPS) is 21.5. The lowest BCUT2D eigenvalue weighted by Crippen LogP contribution is -2.40. The number of hydrogen-bond acceptors (Lipinski definition) is 3.